The molecule has 1 aliphatic rings. The second-order valence-electron chi connectivity index (χ2n) is 8.98. The summed E-state index contributed by atoms with van der Waals surface area (Å²) in [4.78, 5) is 9.48. The van der Waals surface area contributed by atoms with E-state index >= 15 is 0 Å². The second-order valence-corrected chi connectivity index (χ2v) is 10.9. The first-order valence-corrected chi connectivity index (χ1v) is 13.6. The van der Waals surface area contributed by atoms with Crippen LogP contribution in [0.2, 0.25) is 0 Å². The topological polar surface area (TPSA) is 122 Å². The Balaban J connectivity index is 1.64. The molecule has 3 N–H and O–H groups in total. The van der Waals surface area contributed by atoms with Crippen LogP contribution >= 0.6 is 0 Å². The Bertz CT molecular complexity index is 1200. The molecule has 2 heterocycles. The standard InChI is InChI=1S/C24H34N6O3S/c1-3-4-14-26-24-27-16-21-22(18-7-11-20(12-8-18)34(32,33)25-2)29-30(23(21)28-24)15-13-17-5-9-19(31)10-6-17/h7-8,11-12,16-17,19,25,31H,3-6,9-10,13-15H2,1-2H3,(H,26,27,28)/t17-,19-. The van der Waals surface area contributed by atoms with Crippen LogP contribution in [-0.2, 0) is 16.6 Å². The van der Waals surface area contributed by atoms with Gasteiger partial charge < -0.3 is 10.4 Å². The number of fused-ring (bicyclic) bond motifs is 1. The van der Waals surface area contributed by atoms with Crippen molar-refractivity contribution >= 4 is 27.0 Å². The largest absolute Gasteiger partial charge is 0.393 e. The van der Waals surface area contributed by atoms with Crippen LogP contribution in [0.5, 0.6) is 0 Å². The summed E-state index contributed by atoms with van der Waals surface area (Å²) in [5, 5.41) is 18.8. The number of unbranched alkanes of at least 4 members (excludes halogenated alkanes) is 1. The van der Waals surface area contributed by atoms with Crippen LogP contribution in [0.3, 0.4) is 0 Å². The first-order chi connectivity index (χ1) is 16.4. The van der Waals surface area contributed by atoms with Gasteiger partial charge in [0, 0.05) is 24.8 Å². The van der Waals surface area contributed by atoms with E-state index in [0.717, 1.165) is 80.3 Å². The number of sulfonamides is 1. The summed E-state index contributed by atoms with van der Waals surface area (Å²) in [6.45, 7) is 3.69. The Hall–Kier alpha value is -2.56. The predicted molar refractivity (Wildman–Crippen MR) is 133 cm³/mol. The van der Waals surface area contributed by atoms with Gasteiger partial charge in [-0.2, -0.15) is 10.1 Å². The molecule has 10 heteroatoms. The van der Waals surface area contributed by atoms with Gasteiger partial charge in [-0.15, -0.1) is 0 Å². The van der Waals surface area contributed by atoms with E-state index < -0.39 is 10.0 Å². The lowest BCUT2D eigenvalue weighted by atomic mass is 9.85. The number of aliphatic hydroxyl groups excluding tert-OH is 1. The van der Waals surface area contributed by atoms with Crippen LogP contribution in [0.4, 0.5) is 5.95 Å². The molecule has 34 heavy (non-hydrogen) atoms. The first kappa shape index (κ1) is 24.6. The summed E-state index contributed by atoms with van der Waals surface area (Å²) in [6.07, 6.45) is 8.55. The van der Waals surface area contributed by atoms with E-state index in [2.05, 4.69) is 21.9 Å². The molecule has 2 aromatic heterocycles. The van der Waals surface area contributed by atoms with Gasteiger partial charge >= 0.3 is 0 Å². The summed E-state index contributed by atoms with van der Waals surface area (Å²) in [5.41, 5.74) is 2.32. The average Bonchev–Trinajstić information content (AvgIpc) is 3.22. The molecule has 0 bridgehead atoms. The van der Waals surface area contributed by atoms with Crippen molar-refractivity contribution in [3.8, 4) is 11.3 Å². The van der Waals surface area contributed by atoms with Crippen molar-refractivity contribution in [1.82, 2.24) is 24.5 Å². The minimum Gasteiger partial charge on any atom is -0.393 e. The van der Waals surface area contributed by atoms with E-state index in [4.69, 9.17) is 10.1 Å². The highest BCUT2D eigenvalue weighted by Crippen LogP contribution is 2.31. The van der Waals surface area contributed by atoms with Crippen LogP contribution in [-0.4, -0.2) is 53.0 Å². The fourth-order valence-electron chi connectivity index (χ4n) is 4.44. The molecule has 9 nitrogen and oxygen atoms in total. The summed E-state index contributed by atoms with van der Waals surface area (Å²) >= 11 is 0. The molecular weight excluding hydrogens is 452 g/mol. The fourth-order valence-corrected chi connectivity index (χ4v) is 5.17. The zero-order chi connectivity index (χ0) is 24.1. The molecular formula is C24H34N6O3S. The smallest absolute Gasteiger partial charge is 0.240 e. The molecule has 1 aromatic carbocycles. The average molecular weight is 487 g/mol. The third-order valence-electron chi connectivity index (χ3n) is 6.57. The van der Waals surface area contributed by atoms with E-state index in [-0.39, 0.29) is 11.0 Å². The second kappa shape index (κ2) is 10.8. The van der Waals surface area contributed by atoms with Gasteiger partial charge in [0.05, 0.1) is 16.4 Å². The van der Waals surface area contributed by atoms with Gasteiger partial charge in [-0.05, 0) is 63.6 Å². The Kier molecular flexibility index (Phi) is 7.80. The van der Waals surface area contributed by atoms with Crippen molar-refractivity contribution in [1.29, 1.82) is 0 Å². The Morgan fingerprint density at radius 1 is 1.15 bits per heavy atom. The zero-order valence-corrected chi connectivity index (χ0v) is 20.7. The van der Waals surface area contributed by atoms with Gasteiger partial charge in [0.2, 0.25) is 16.0 Å². The predicted octanol–water partition coefficient (Wildman–Crippen LogP) is 3.55. The summed E-state index contributed by atoms with van der Waals surface area (Å²) in [7, 11) is -2.10. The van der Waals surface area contributed by atoms with Crippen molar-refractivity contribution in [2.45, 2.75) is 69.4 Å². The number of nitrogens with one attached hydrogen (secondary N) is 2. The Morgan fingerprint density at radius 3 is 2.56 bits per heavy atom. The number of anilines is 1. The first-order valence-electron chi connectivity index (χ1n) is 12.1. The van der Waals surface area contributed by atoms with E-state index in [0.29, 0.717) is 11.9 Å². The number of aromatic nitrogens is 4. The molecule has 0 saturated heterocycles. The quantitative estimate of drug-likeness (QED) is 0.375. The number of hydrogen-bond donors (Lipinski definition) is 3. The number of benzene rings is 1. The molecule has 0 aliphatic heterocycles. The lowest BCUT2D eigenvalue weighted by Gasteiger charge is -2.25. The van der Waals surface area contributed by atoms with Gasteiger partial charge in [0.15, 0.2) is 5.65 Å². The Morgan fingerprint density at radius 2 is 1.88 bits per heavy atom. The molecule has 0 atom stereocenters. The van der Waals surface area contributed by atoms with Gasteiger partial charge in [-0.3, -0.25) is 0 Å². The lowest BCUT2D eigenvalue weighted by molar-refractivity contribution is 0.105. The monoisotopic (exact) mass is 486 g/mol. The van der Waals surface area contributed by atoms with Gasteiger partial charge in [0.1, 0.15) is 5.69 Å². The minimum atomic E-state index is -3.50. The van der Waals surface area contributed by atoms with Crippen LogP contribution in [0.15, 0.2) is 35.4 Å². The molecule has 184 valence electrons. The van der Waals surface area contributed by atoms with Crippen molar-refractivity contribution in [2.24, 2.45) is 5.92 Å². The Labute approximate surface area is 201 Å². The van der Waals surface area contributed by atoms with E-state index in [1.165, 1.54) is 7.05 Å². The normalized spacial score (nSPS) is 18.9. The highest BCUT2D eigenvalue weighted by atomic mass is 32.2. The van der Waals surface area contributed by atoms with E-state index in [1.807, 2.05) is 4.68 Å². The van der Waals surface area contributed by atoms with Crippen molar-refractivity contribution in [3.05, 3.63) is 30.5 Å². The molecule has 1 aliphatic carbocycles. The summed E-state index contributed by atoms with van der Waals surface area (Å²) < 4.78 is 28.5. The molecule has 0 spiro atoms. The molecule has 0 amide bonds. The summed E-state index contributed by atoms with van der Waals surface area (Å²) in [6, 6.07) is 6.71. The number of nitrogens with zero attached hydrogens (tertiary/aromatic N) is 4. The zero-order valence-electron chi connectivity index (χ0n) is 19.9. The highest BCUT2D eigenvalue weighted by molar-refractivity contribution is 7.89. The maximum atomic E-state index is 12.1. The lowest BCUT2D eigenvalue weighted by Crippen LogP contribution is -2.19. The van der Waals surface area contributed by atoms with Crippen molar-refractivity contribution in [3.63, 3.8) is 0 Å². The maximum Gasteiger partial charge on any atom is 0.240 e. The van der Waals surface area contributed by atoms with Crippen LogP contribution in [0.1, 0.15) is 51.9 Å². The molecule has 1 fully saturated rings. The van der Waals surface area contributed by atoms with Gasteiger partial charge in [-0.25, -0.2) is 22.8 Å². The van der Waals surface area contributed by atoms with Crippen LogP contribution in [0.25, 0.3) is 22.3 Å². The SMILES string of the molecule is CCCCNc1ncc2c(-c3ccc(S(=O)(=O)NC)cc3)nn(CC[C@H]3CC[C@H](O)CC3)c2n1. The molecule has 3 aromatic rings. The van der Waals surface area contributed by atoms with Gasteiger partial charge in [-0.1, -0.05) is 25.5 Å². The molecule has 4 rings (SSSR count). The number of rotatable bonds is 10. The number of hydrogen-bond acceptors (Lipinski definition) is 7. The van der Waals surface area contributed by atoms with Crippen LogP contribution < -0.4 is 10.0 Å². The van der Waals surface area contributed by atoms with E-state index in [1.54, 1.807) is 30.5 Å². The number of aryl methyl sites for hydroxylation is 1. The van der Waals surface area contributed by atoms with Crippen molar-refractivity contribution < 1.29 is 13.5 Å². The van der Waals surface area contributed by atoms with Crippen LogP contribution in [0, 0.1) is 5.92 Å². The van der Waals surface area contributed by atoms with E-state index in [9.17, 15) is 13.5 Å². The molecule has 0 unspecified atom stereocenters. The maximum absolute atomic E-state index is 12.1. The third-order valence-corrected chi connectivity index (χ3v) is 8.00. The van der Waals surface area contributed by atoms with Crippen molar-refractivity contribution in [2.75, 3.05) is 18.9 Å². The summed E-state index contributed by atoms with van der Waals surface area (Å²) in [5.74, 6) is 1.16. The molecule has 0 radical (unpaired) electrons. The highest BCUT2D eigenvalue weighted by Gasteiger charge is 2.21. The molecule has 1 saturated carbocycles. The third kappa shape index (κ3) is 5.56. The van der Waals surface area contributed by atoms with Gasteiger partial charge in [0.25, 0.3) is 0 Å². The number of aliphatic hydroxyl groups is 1. The fraction of sp³-hybridized carbons (Fsp3) is 0.542. The minimum absolute atomic E-state index is 0.160.